The molecule has 0 radical (unpaired) electrons. The summed E-state index contributed by atoms with van der Waals surface area (Å²) in [5.74, 6) is 0. The largest absolute Gasteiger partial charge is 0.360 e. The highest BCUT2D eigenvalue weighted by molar-refractivity contribution is 7.80. The number of hydrogen-bond donors (Lipinski definition) is 2. The van der Waals surface area contributed by atoms with Crippen molar-refractivity contribution in [3.63, 3.8) is 0 Å². The minimum atomic E-state index is 0.444. The predicted octanol–water partition coefficient (Wildman–Crippen LogP) is 5.21. The lowest BCUT2D eigenvalue weighted by molar-refractivity contribution is 0.0212. The van der Waals surface area contributed by atoms with Crippen molar-refractivity contribution in [3.05, 3.63) is 65.2 Å². The summed E-state index contributed by atoms with van der Waals surface area (Å²) in [5.41, 5.74) is 2.39. The van der Waals surface area contributed by atoms with Crippen LogP contribution in [0, 0.1) is 0 Å². The van der Waals surface area contributed by atoms with Crippen molar-refractivity contribution in [1.29, 1.82) is 0 Å². The lowest BCUT2D eigenvalue weighted by atomic mass is 9.81. The highest BCUT2D eigenvalue weighted by Crippen LogP contribution is 2.35. The van der Waals surface area contributed by atoms with Crippen molar-refractivity contribution in [2.24, 2.45) is 0 Å². The second kappa shape index (κ2) is 8.59. The van der Waals surface area contributed by atoms with Gasteiger partial charge < -0.3 is 10.6 Å². The fourth-order valence-corrected chi connectivity index (χ4v) is 4.95. The third-order valence-corrected chi connectivity index (χ3v) is 6.24. The molecule has 142 valence electrons. The molecule has 2 fully saturated rings. The van der Waals surface area contributed by atoms with Crippen molar-refractivity contribution in [2.75, 3.05) is 5.32 Å². The van der Waals surface area contributed by atoms with Gasteiger partial charge in [0.2, 0.25) is 0 Å². The molecule has 2 N–H and O–H groups in total. The minimum Gasteiger partial charge on any atom is -0.360 e. The van der Waals surface area contributed by atoms with Crippen LogP contribution in [-0.2, 0) is 6.54 Å². The molecule has 0 spiro atoms. The zero-order valence-corrected chi connectivity index (χ0v) is 17.0. The van der Waals surface area contributed by atoms with Crippen LogP contribution in [-0.4, -0.2) is 28.1 Å². The summed E-state index contributed by atoms with van der Waals surface area (Å²) < 4.78 is 0. The van der Waals surface area contributed by atoms with Crippen molar-refractivity contribution < 1.29 is 0 Å². The van der Waals surface area contributed by atoms with Crippen LogP contribution in [0.1, 0.15) is 37.7 Å². The van der Waals surface area contributed by atoms with E-state index in [-0.39, 0.29) is 0 Å². The molecule has 2 aromatic rings. The highest BCUT2D eigenvalue weighted by atomic mass is 35.5. The van der Waals surface area contributed by atoms with Crippen molar-refractivity contribution in [3.8, 4) is 0 Å². The van der Waals surface area contributed by atoms with E-state index in [4.69, 9.17) is 23.8 Å². The van der Waals surface area contributed by atoms with Crippen molar-refractivity contribution in [2.45, 2.75) is 56.8 Å². The average Bonchev–Trinajstić information content (AvgIpc) is 2.65. The van der Waals surface area contributed by atoms with Crippen LogP contribution < -0.4 is 10.6 Å². The Labute approximate surface area is 172 Å². The number of halogens is 1. The number of piperidine rings is 2. The Morgan fingerprint density at radius 1 is 1.00 bits per heavy atom. The molecule has 2 aromatic carbocycles. The van der Waals surface area contributed by atoms with Gasteiger partial charge in [0.05, 0.1) is 0 Å². The number of benzene rings is 2. The van der Waals surface area contributed by atoms with Crippen LogP contribution in [0.4, 0.5) is 5.69 Å². The number of thiocarbonyl (C=S) groups is 1. The zero-order chi connectivity index (χ0) is 18.6. The van der Waals surface area contributed by atoms with Crippen LogP contribution in [0.2, 0.25) is 5.02 Å². The molecule has 4 rings (SSSR count). The van der Waals surface area contributed by atoms with Gasteiger partial charge in [0.25, 0.3) is 0 Å². The smallest absolute Gasteiger partial charge is 0.170 e. The topological polar surface area (TPSA) is 27.3 Å². The average molecular weight is 400 g/mol. The first-order valence-corrected chi connectivity index (χ1v) is 10.6. The summed E-state index contributed by atoms with van der Waals surface area (Å²) in [7, 11) is 0. The third kappa shape index (κ3) is 4.81. The molecule has 0 aromatic heterocycles. The SMILES string of the molecule is S=C(Nc1ccc(Cl)cc1)NC1C[C@H]2CCC[C@H](C1)N2Cc1ccccc1. The summed E-state index contributed by atoms with van der Waals surface area (Å²) in [6, 6.07) is 20.2. The van der Waals surface area contributed by atoms with E-state index < -0.39 is 0 Å². The van der Waals surface area contributed by atoms with E-state index in [1.54, 1.807) is 0 Å². The second-order valence-electron chi connectivity index (χ2n) is 7.67. The highest BCUT2D eigenvalue weighted by Gasteiger charge is 2.38. The fraction of sp³-hybridized carbons (Fsp3) is 0.409. The molecule has 3 nitrogen and oxygen atoms in total. The maximum atomic E-state index is 5.95. The molecule has 2 saturated heterocycles. The van der Waals surface area contributed by atoms with Crippen LogP contribution in [0.15, 0.2) is 54.6 Å². The molecule has 2 bridgehead atoms. The van der Waals surface area contributed by atoms with Gasteiger partial charge in [-0.1, -0.05) is 48.4 Å². The number of nitrogens with zero attached hydrogens (tertiary/aromatic N) is 1. The lowest BCUT2D eigenvalue weighted by Gasteiger charge is -2.49. The van der Waals surface area contributed by atoms with Crippen LogP contribution in [0.25, 0.3) is 0 Å². The molecule has 0 aliphatic carbocycles. The van der Waals surface area contributed by atoms with E-state index in [0.29, 0.717) is 23.2 Å². The van der Waals surface area contributed by atoms with E-state index >= 15 is 0 Å². The summed E-state index contributed by atoms with van der Waals surface area (Å²) in [6.45, 7) is 1.07. The van der Waals surface area contributed by atoms with Crippen LogP contribution in [0.3, 0.4) is 0 Å². The van der Waals surface area contributed by atoms with Gasteiger partial charge in [0.15, 0.2) is 5.11 Å². The first-order valence-electron chi connectivity index (χ1n) is 9.80. The molecule has 5 heteroatoms. The third-order valence-electron chi connectivity index (χ3n) is 5.77. The summed E-state index contributed by atoms with van der Waals surface area (Å²) in [6.07, 6.45) is 6.25. The Morgan fingerprint density at radius 2 is 1.67 bits per heavy atom. The molecule has 27 heavy (non-hydrogen) atoms. The Balaban J connectivity index is 1.35. The number of hydrogen-bond acceptors (Lipinski definition) is 2. The van der Waals surface area contributed by atoms with Gasteiger partial charge in [-0.2, -0.15) is 0 Å². The summed E-state index contributed by atoms with van der Waals surface area (Å²) >= 11 is 11.5. The fourth-order valence-electron chi connectivity index (χ4n) is 4.53. The Hall–Kier alpha value is -1.62. The Morgan fingerprint density at radius 3 is 2.33 bits per heavy atom. The molecule has 0 unspecified atom stereocenters. The summed E-state index contributed by atoms with van der Waals surface area (Å²) in [4.78, 5) is 2.73. The predicted molar refractivity (Wildman–Crippen MR) is 117 cm³/mol. The molecule has 0 saturated carbocycles. The maximum Gasteiger partial charge on any atom is 0.170 e. The van der Waals surface area contributed by atoms with Gasteiger partial charge in [-0.3, -0.25) is 4.90 Å². The van der Waals surface area contributed by atoms with Crippen LogP contribution >= 0.6 is 23.8 Å². The van der Waals surface area contributed by atoms with E-state index in [9.17, 15) is 0 Å². The van der Waals surface area contributed by atoms with Crippen molar-refractivity contribution in [1.82, 2.24) is 10.2 Å². The Kier molecular flexibility index (Phi) is 5.96. The van der Waals surface area contributed by atoms with Gasteiger partial charge in [-0.15, -0.1) is 0 Å². The van der Waals surface area contributed by atoms with Gasteiger partial charge in [0.1, 0.15) is 0 Å². The lowest BCUT2D eigenvalue weighted by Crippen LogP contribution is -2.56. The van der Waals surface area contributed by atoms with Gasteiger partial charge in [-0.05, 0) is 67.7 Å². The van der Waals surface area contributed by atoms with Gasteiger partial charge >= 0.3 is 0 Å². The van der Waals surface area contributed by atoms with Crippen LogP contribution in [0.5, 0.6) is 0 Å². The first-order chi connectivity index (χ1) is 13.2. The molecule has 2 heterocycles. The first kappa shape index (κ1) is 18.7. The number of anilines is 1. The molecule has 2 atom stereocenters. The monoisotopic (exact) mass is 399 g/mol. The summed E-state index contributed by atoms with van der Waals surface area (Å²) in [5, 5.41) is 8.28. The number of fused-ring (bicyclic) bond motifs is 2. The quantitative estimate of drug-likeness (QED) is 0.690. The molecule has 0 amide bonds. The van der Waals surface area contributed by atoms with E-state index in [2.05, 4.69) is 45.9 Å². The Bertz CT molecular complexity index is 751. The molecular formula is C22H26ClN3S. The van der Waals surface area contributed by atoms with E-state index in [1.165, 1.54) is 24.8 Å². The molecule has 2 aliphatic rings. The molecular weight excluding hydrogens is 374 g/mol. The molecule has 2 aliphatic heterocycles. The number of nitrogens with one attached hydrogen (secondary N) is 2. The normalized spacial score (nSPS) is 25.0. The van der Waals surface area contributed by atoms with E-state index in [0.717, 1.165) is 30.1 Å². The minimum absolute atomic E-state index is 0.444. The van der Waals surface area contributed by atoms with Crippen molar-refractivity contribution >= 4 is 34.6 Å². The van der Waals surface area contributed by atoms with Gasteiger partial charge in [0, 0.05) is 35.4 Å². The number of rotatable bonds is 4. The van der Waals surface area contributed by atoms with E-state index in [1.807, 2.05) is 24.3 Å². The second-order valence-corrected chi connectivity index (χ2v) is 8.51. The van der Waals surface area contributed by atoms with Gasteiger partial charge in [-0.25, -0.2) is 0 Å². The zero-order valence-electron chi connectivity index (χ0n) is 15.4. The standard InChI is InChI=1S/C22H26ClN3S/c23-17-9-11-18(12-10-17)24-22(27)25-19-13-20-7-4-8-21(14-19)26(20)15-16-5-2-1-3-6-16/h1-3,5-6,9-12,19-21H,4,7-8,13-15H2,(H2,24,25,27)/t20-,21-/m1/s1. The maximum absolute atomic E-state index is 5.95.